The van der Waals surface area contributed by atoms with E-state index in [-0.39, 0.29) is 6.61 Å². The summed E-state index contributed by atoms with van der Waals surface area (Å²) in [4.78, 5) is 12.2. The average molecular weight is 487 g/mol. The molecule has 2 N–H and O–H groups in total. The van der Waals surface area contributed by atoms with Gasteiger partial charge in [0.15, 0.2) is 11.6 Å². The number of ether oxygens (including phenoxy) is 1. The molecule has 0 aliphatic heterocycles. The fourth-order valence-electron chi connectivity index (χ4n) is 4.85. The molecule has 0 spiro atoms. The van der Waals surface area contributed by atoms with E-state index in [1.165, 1.54) is 32.1 Å². The first kappa shape index (κ1) is 24.3. The molecule has 1 unspecified atom stereocenters. The van der Waals surface area contributed by atoms with Gasteiger partial charge in [-0.1, -0.05) is 49.6 Å². The van der Waals surface area contributed by atoms with Gasteiger partial charge in [-0.3, -0.25) is 0 Å². The molecule has 188 valence electrons. The Morgan fingerprint density at radius 1 is 1.06 bits per heavy atom. The van der Waals surface area contributed by atoms with Gasteiger partial charge in [0.2, 0.25) is 0 Å². The number of likely N-dealkylation sites (N-methyl/N-ethyl adjacent to an activating group) is 1. The van der Waals surface area contributed by atoms with E-state index in [0.717, 1.165) is 33.8 Å². The van der Waals surface area contributed by atoms with Crippen LogP contribution in [0, 0.1) is 0 Å². The predicted octanol–water partition coefficient (Wildman–Crippen LogP) is 5.28. The summed E-state index contributed by atoms with van der Waals surface area (Å²) in [6.45, 7) is 0.680. The number of aromatic nitrogens is 2. The smallest absolute Gasteiger partial charge is 0.162 e. The number of para-hydroxylation sites is 1. The van der Waals surface area contributed by atoms with Crippen molar-refractivity contribution in [2.45, 2.75) is 44.2 Å². The maximum atomic E-state index is 10.0. The number of fused-ring (bicyclic) bond motifs is 1. The Balaban J connectivity index is 1.51. The summed E-state index contributed by atoms with van der Waals surface area (Å²) in [7, 11) is 3.94. The summed E-state index contributed by atoms with van der Waals surface area (Å²) >= 11 is 0. The van der Waals surface area contributed by atoms with Crippen LogP contribution >= 0.6 is 0 Å². The molecule has 7 heteroatoms. The van der Waals surface area contributed by atoms with Crippen LogP contribution in [0.25, 0.3) is 33.8 Å². The van der Waals surface area contributed by atoms with Crippen molar-refractivity contribution in [1.82, 2.24) is 15.3 Å². The van der Waals surface area contributed by atoms with E-state index in [2.05, 4.69) is 17.3 Å². The van der Waals surface area contributed by atoms with E-state index in [0.29, 0.717) is 24.2 Å². The van der Waals surface area contributed by atoms with Gasteiger partial charge in [0.25, 0.3) is 0 Å². The Hall–Kier alpha value is -3.42. The second-order valence-electron chi connectivity index (χ2n) is 9.54. The molecule has 1 aliphatic carbocycles. The standard InChI is InChI=1S/C29H34N4O3/c1-30-18-23(34)19-35-24-13-8-10-21(15-24)29-31-25(27-16-20-9-6-7-14-26(20)36-27)17-28(32-29)33(2)22-11-4-3-5-12-22/h6-10,13-17,22-23,30,34H,3-5,11-12,18-19H2,1-2H3. The third-order valence-corrected chi connectivity index (χ3v) is 6.85. The molecule has 5 rings (SSSR count). The zero-order valence-corrected chi connectivity index (χ0v) is 21.0. The van der Waals surface area contributed by atoms with Crippen LogP contribution in [0.15, 0.2) is 65.1 Å². The average Bonchev–Trinajstić information content (AvgIpc) is 3.37. The minimum Gasteiger partial charge on any atom is -0.491 e. The Morgan fingerprint density at radius 2 is 1.89 bits per heavy atom. The Bertz CT molecular complexity index is 1270. The minimum absolute atomic E-state index is 0.208. The maximum absolute atomic E-state index is 10.0. The number of rotatable bonds is 9. The fraction of sp³-hybridized carbons (Fsp3) is 0.379. The number of furan rings is 1. The molecule has 0 bridgehead atoms. The summed E-state index contributed by atoms with van der Waals surface area (Å²) in [5, 5.41) is 14.0. The lowest BCUT2D eigenvalue weighted by Gasteiger charge is -2.32. The SMILES string of the molecule is CNCC(O)COc1cccc(-c2nc(-c3cc4ccccc4o3)cc(N(C)C3CCCCC3)n2)c1. The number of anilines is 1. The molecular weight excluding hydrogens is 452 g/mol. The molecule has 2 aromatic carbocycles. The molecule has 1 fully saturated rings. The summed E-state index contributed by atoms with van der Waals surface area (Å²) in [5.74, 6) is 2.90. The predicted molar refractivity (Wildman–Crippen MR) is 143 cm³/mol. The zero-order valence-electron chi connectivity index (χ0n) is 21.0. The van der Waals surface area contributed by atoms with E-state index in [1.807, 2.05) is 60.7 Å². The third kappa shape index (κ3) is 5.53. The van der Waals surface area contributed by atoms with Gasteiger partial charge >= 0.3 is 0 Å². The fourth-order valence-corrected chi connectivity index (χ4v) is 4.85. The van der Waals surface area contributed by atoms with Crippen molar-refractivity contribution < 1.29 is 14.3 Å². The van der Waals surface area contributed by atoms with Gasteiger partial charge in [-0.25, -0.2) is 9.97 Å². The summed E-state index contributed by atoms with van der Waals surface area (Å²) in [5.41, 5.74) is 2.45. The summed E-state index contributed by atoms with van der Waals surface area (Å²) in [6, 6.07) is 20.3. The first-order valence-corrected chi connectivity index (χ1v) is 12.8. The number of aliphatic hydroxyl groups excluding tert-OH is 1. The van der Waals surface area contributed by atoms with Crippen LogP contribution in [-0.2, 0) is 0 Å². The zero-order chi connectivity index (χ0) is 24.9. The van der Waals surface area contributed by atoms with Crippen LogP contribution in [0.1, 0.15) is 32.1 Å². The molecule has 0 radical (unpaired) electrons. The molecule has 1 saturated carbocycles. The highest BCUT2D eigenvalue weighted by atomic mass is 16.5. The van der Waals surface area contributed by atoms with E-state index < -0.39 is 6.10 Å². The first-order chi connectivity index (χ1) is 17.6. The quantitative estimate of drug-likeness (QED) is 0.333. The topological polar surface area (TPSA) is 83.6 Å². The lowest BCUT2D eigenvalue weighted by atomic mass is 9.94. The van der Waals surface area contributed by atoms with E-state index in [9.17, 15) is 5.11 Å². The number of nitrogens with zero attached hydrogens (tertiary/aromatic N) is 3. The monoisotopic (exact) mass is 486 g/mol. The minimum atomic E-state index is -0.581. The van der Waals surface area contributed by atoms with Crippen LogP contribution in [0.4, 0.5) is 5.82 Å². The van der Waals surface area contributed by atoms with Gasteiger partial charge in [-0.05, 0) is 44.2 Å². The van der Waals surface area contributed by atoms with Crippen LogP contribution in [0.3, 0.4) is 0 Å². The van der Waals surface area contributed by atoms with Crippen molar-refractivity contribution in [3.05, 3.63) is 60.7 Å². The lowest BCUT2D eigenvalue weighted by molar-refractivity contribution is 0.108. The molecule has 0 saturated heterocycles. The first-order valence-electron chi connectivity index (χ1n) is 12.8. The molecule has 0 amide bonds. The molecule has 7 nitrogen and oxygen atoms in total. The molecule has 1 aliphatic rings. The summed E-state index contributed by atoms with van der Waals surface area (Å²) < 4.78 is 12.0. The maximum Gasteiger partial charge on any atom is 0.162 e. The highest BCUT2D eigenvalue weighted by Gasteiger charge is 2.22. The molecule has 2 aromatic heterocycles. The molecule has 2 heterocycles. The lowest BCUT2D eigenvalue weighted by Crippen LogP contribution is -2.34. The van der Waals surface area contributed by atoms with Crippen LogP contribution in [0.2, 0.25) is 0 Å². The molecule has 4 aromatic rings. The van der Waals surface area contributed by atoms with Crippen LogP contribution < -0.4 is 15.0 Å². The van der Waals surface area contributed by atoms with Crippen molar-refractivity contribution in [1.29, 1.82) is 0 Å². The Morgan fingerprint density at radius 3 is 2.69 bits per heavy atom. The van der Waals surface area contributed by atoms with Gasteiger partial charge in [-0.15, -0.1) is 0 Å². The van der Waals surface area contributed by atoms with Crippen LogP contribution in [-0.4, -0.2) is 54.5 Å². The van der Waals surface area contributed by atoms with E-state index in [1.54, 1.807) is 7.05 Å². The number of hydrogen-bond donors (Lipinski definition) is 2. The number of nitrogens with one attached hydrogen (secondary N) is 1. The van der Waals surface area contributed by atoms with Gasteiger partial charge in [0.1, 0.15) is 35.6 Å². The largest absolute Gasteiger partial charge is 0.491 e. The van der Waals surface area contributed by atoms with Gasteiger partial charge in [0.05, 0.1) is 0 Å². The molecule has 1 atom stereocenters. The van der Waals surface area contributed by atoms with E-state index in [4.69, 9.17) is 19.1 Å². The van der Waals surface area contributed by atoms with Crippen molar-refractivity contribution in [3.8, 4) is 28.6 Å². The summed E-state index contributed by atoms with van der Waals surface area (Å²) in [6.07, 6.45) is 5.58. The number of aliphatic hydroxyl groups is 1. The second kappa shape index (κ2) is 11.1. The van der Waals surface area contributed by atoms with E-state index >= 15 is 0 Å². The Kier molecular flexibility index (Phi) is 7.49. The van der Waals surface area contributed by atoms with Gasteiger partial charge in [0, 0.05) is 36.7 Å². The van der Waals surface area contributed by atoms with Crippen LogP contribution in [0.5, 0.6) is 5.75 Å². The van der Waals surface area contributed by atoms with Crippen molar-refractivity contribution in [2.24, 2.45) is 0 Å². The highest BCUT2D eigenvalue weighted by molar-refractivity contribution is 5.82. The Labute approximate surface area is 212 Å². The number of hydrogen-bond acceptors (Lipinski definition) is 7. The normalized spacial score (nSPS) is 15.2. The van der Waals surface area contributed by atoms with Crippen molar-refractivity contribution in [2.75, 3.05) is 32.1 Å². The van der Waals surface area contributed by atoms with Gasteiger partial charge < -0.3 is 24.5 Å². The van der Waals surface area contributed by atoms with Crippen molar-refractivity contribution >= 4 is 16.8 Å². The second-order valence-corrected chi connectivity index (χ2v) is 9.54. The molecule has 36 heavy (non-hydrogen) atoms. The number of benzene rings is 2. The highest BCUT2D eigenvalue weighted by Crippen LogP contribution is 2.33. The van der Waals surface area contributed by atoms with Crippen molar-refractivity contribution in [3.63, 3.8) is 0 Å². The molecular formula is C29H34N4O3. The third-order valence-electron chi connectivity index (χ3n) is 6.85. The van der Waals surface area contributed by atoms with Gasteiger partial charge in [-0.2, -0.15) is 0 Å².